The van der Waals surface area contributed by atoms with E-state index < -0.39 is 23.7 Å². The van der Waals surface area contributed by atoms with Gasteiger partial charge in [-0.05, 0) is 31.2 Å². The fourth-order valence-electron chi connectivity index (χ4n) is 2.85. The predicted molar refractivity (Wildman–Crippen MR) is 97.5 cm³/mol. The molecule has 2 aromatic carbocycles. The number of para-hydroxylation sites is 1. The van der Waals surface area contributed by atoms with Crippen molar-refractivity contribution in [3.63, 3.8) is 0 Å². The van der Waals surface area contributed by atoms with E-state index in [0.29, 0.717) is 16.8 Å². The minimum atomic E-state index is -0.534. The van der Waals surface area contributed by atoms with Gasteiger partial charge in [-0.3, -0.25) is 19.3 Å². The Balaban J connectivity index is 1.64. The van der Waals surface area contributed by atoms with Crippen molar-refractivity contribution in [2.24, 2.45) is 0 Å². The first-order valence-corrected chi connectivity index (χ1v) is 8.54. The Labute approximate surface area is 155 Å². The Morgan fingerprint density at radius 3 is 2.19 bits per heavy atom. The van der Waals surface area contributed by atoms with Gasteiger partial charge in [0.05, 0.1) is 29.0 Å². The number of nitrogens with zero attached hydrogens (tertiary/aromatic N) is 1. The highest BCUT2D eigenvalue weighted by Gasteiger charge is 2.35. The van der Waals surface area contributed by atoms with Crippen LogP contribution in [0.2, 0.25) is 0 Å². The Morgan fingerprint density at radius 1 is 0.963 bits per heavy atom. The fourth-order valence-corrected chi connectivity index (χ4v) is 2.85. The summed E-state index contributed by atoms with van der Waals surface area (Å²) >= 11 is 0. The number of hydrogen-bond donors (Lipinski definition) is 1. The van der Waals surface area contributed by atoms with Gasteiger partial charge in [0.25, 0.3) is 11.8 Å². The Hall–Kier alpha value is -3.48. The van der Waals surface area contributed by atoms with E-state index in [1.54, 1.807) is 55.5 Å². The van der Waals surface area contributed by atoms with Gasteiger partial charge in [-0.1, -0.05) is 24.3 Å². The molecule has 2 aromatic rings. The SMILES string of the molecule is CCOC(=O)c1ccccc1NC(=O)CCN1C(=O)c2ccccc2C1=O. The van der Waals surface area contributed by atoms with E-state index in [9.17, 15) is 19.2 Å². The lowest BCUT2D eigenvalue weighted by Crippen LogP contribution is -2.33. The normalized spacial score (nSPS) is 12.7. The van der Waals surface area contributed by atoms with E-state index in [2.05, 4.69) is 5.32 Å². The molecule has 27 heavy (non-hydrogen) atoms. The van der Waals surface area contributed by atoms with Crippen LogP contribution in [-0.2, 0) is 9.53 Å². The zero-order valence-electron chi connectivity index (χ0n) is 14.7. The molecule has 0 atom stereocenters. The van der Waals surface area contributed by atoms with Crippen LogP contribution in [0.15, 0.2) is 48.5 Å². The number of amides is 3. The standard InChI is InChI=1S/C20H18N2O5/c1-2-27-20(26)15-9-5-6-10-16(15)21-17(23)11-12-22-18(24)13-7-3-4-8-14(13)19(22)25/h3-10H,2,11-12H2,1H3,(H,21,23). The highest BCUT2D eigenvalue weighted by Crippen LogP contribution is 2.23. The molecule has 7 heteroatoms. The summed E-state index contributed by atoms with van der Waals surface area (Å²) in [6.07, 6.45) is -0.0807. The van der Waals surface area contributed by atoms with Crippen molar-refractivity contribution in [3.8, 4) is 0 Å². The Bertz CT molecular complexity index is 887. The average molecular weight is 366 g/mol. The second-order valence-electron chi connectivity index (χ2n) is 5.87. The van der Waals surface area contributed by atoms with Crippen LogP contribution >= 0.6 is 0 Å². The van der Waals surface area contributed by atoms with Crippen LogP contribution in [-0.4, -0.2) is 41.7 Å². The molecule has 3 amide bonds. The van der Waals surface area contributed by atoms with Crippen LogP contribution in [0.25, 0.3) is 0 Å². The predicted octanol–water partition coefficient (Wildman–Crippen LogP) is 2.49. The summed E-state index contributed by atoms with van der Waals surface area (Å²) in [5, 5.41) is 2.64. The Morgan fingerprint density at radius 2 is 1.56 bits per heavy atom. The molecule has 0 radical (unpaired) electrons. The first kappa shape index (κ1) is 18.3. The number of imide groups is 1. The molecule has 0 saturated heterocycles. The van der Waals surface area contributed by atoms with Gasteiger partial charge in [0, 0.05) is 13.0 Å². The van der Waals surface area contributed by atoms with Gasteiger partial charge in [0.15, 0.2) is 0 Å². The lowest BCUT2D eigenvalue weighted by atomic mass is 10.1. The molecule has 0 aromatic heterocycles. The van der Waals surface area contributed by atoms with Crippen molar-refractivity contribution in [3.05, 3.63) is 65.2 Å². The topological polar surface area (TPSA) is 92.8 Å². The van der Waals surface area contributed by atoms with Crippen molar-refractivity contribution in [2.45, 2.75) is 13.3 Å². The average Bonchev–Trinajstić information content (AvgIpc) is 2.91. The maximum Gasteiger partial charge on any atom is 0.340 e. The molecule has 0 aliphatic carbocycles. The molecule has 1 aliphatic rings. The molecule has 0 spiro atoms. The quantitative estimate of drug-likeness (QED) is 0.626. The van der Waals surface area contributed by atoms with Crippen LogP contribution in [0.1, 0.15) is 44.4 Å². The first-order valence-electron chi connectivity index (χ1n) is 8.54. The number of carbonyl (C=O) groups is 4. The van der Waals surface area contributed by atoms with Crippen molar-refractivity contribution in [1.82, 2.24) is 4.90 Å². The van der Waals surface area contributed by atoms with Crippen LogP contribution in [0, 0.1) is 0 Å². The van der Waals surface area contributed by atoms with Gasteiger partial charge in [-0.15, -0.1) is 0 Å². The third-order valence-electron chi connectivity index (χ3n) is 4.14. The largest absolute Gasteiger partial charge is 0.462 e. The number of ether oxygens (including phenoxy) is 1. The molecule has 0 saturated carbocycles. The third kappa shape index (κ3) is 3.72. The van der Waals surface area contributed by atoms with E-state index in [1.807, 2.05) is 0 Å². The summed E-state index contributed by atoms with van der Waals surface area (Å²) in [6, 6.07) is 13.0. The van der Waals surface area contributed by atoms with E-state index in [-0.39, 0.29) is 25.1 Å². The molecule has 0 unspecified atom stereocenters. The molecule has 1 aliphatic heterocycles. The first-order chi connectivity index (χ1) is 13.0. The van der Waals surface area contributed by atoms with Crippen LogP contribution in [0.3, 0.4) is 0 Å². The van der Waals surface area contributed by atoms with Gasteiger partial charge >= 0.3 is 5.97 Å². The summed E-state index contributed by atoms with van der Waals surface area (Å²) in [5.74, 6) is -1.76. The van der Waals surface area contributed by atoms with Crippen molar-refractivity contribution in [2.75, 3.05) is 18.5 Å². The van der Waals surface area contributed by atoms with Crippen molar-refractivity contribution in [1.29, 1.82) is 0 Å². The number of esters is 1. The second-order valence-corrected chi connectivity index (χ2v) is 5.87. The summed E-state index contributed by atoms with van der Waals surface area (Å²) < 4.78 is 4.97. The molecule has 7 nitrogen and oxygen atoms in total. The van der Waals surface area contributed by atoms with Gasteiger partial charge in [-0.2, -0.15) is 0 Å². The van der Waals surface area contributed by atoms with Crippen LogP contribution < -0.4 is 5.32 Å². The molecule has 1 N–H and O–H groups in total. The van der Waals surface area contributed by atoms with Gasteiger partial charge < -0.3 is 10.1 Å². The number of nitrogens with one attached hydrogen (secondary N) is 1. The number of anilines is 1. The van der Waals surface area contributed by atoms with Crippen LogP contribution in [0.5, 0.6) is 0 Å². The third-order valence-corrected chi connectivity index (χ3v) is 4.14. The summed E-state index contributed by atoms with van der Waals surface area (Å²) in [5.41, 5.74) is 1.25. The van der Waals surface area contributed by atoms with E-state index in [4.69, 9.17) is 4.74 Å². The number of hydrogen-bond acceptors (Lipinski definition) is 5. The summed E-state index contributed by atoms with van der Waals surface area (Å²) in [6.45, 7) is 1.88. The van der Waals surface area contributed by atoms with E-state index in [1.165, 1.54) is 0 Å². The zero-order chi connectivity index (χ0) is 19.4. The highest BCUT2D eigenvalue weighted by molar-refractivity contribution is 6.21. The molecular formula is C20H18N2O5. The fraction of sp³-hybridized carbons (Fsp3) is 0.200. The van der Waals surface area contributed by atoms with Gasteiger partial charge in [0.1, 0.15) is 0 Å². The van der Waals surface area contributed by atoms with Crippen LogP contribution in [0.4, 0.5) is 5.69 Å². The second kappa shape index (κ2) is 7.82. The molecule has 0 bridgehead atoms. The number of fused-ring (bicyclic) bond motifs is 1. The summed E-state index contributed by atoms with van der Waals surface area (Å²) in [4.78, 5) is 49.9. The maximum absolute atomic E-state index is 12.3. The van der Waals surface area contributed by atoms with Crippen molar-refractivity contribution < 1.29 is 23.9 Å². The Kier molecular flexibility index (Phi) is 5.30. The summed E-state index contributed by atoms with van der Waals surface area (Å²) in [7, 11) is 0. The number of rotatable bonds is 6. The molecular weight excluding hydrogens is 348 g/mol. The number of benzene rings is 2. The highest BCUT2D eigenvalue weighted by atomic mass is 16.5. The number of carbonyl (C=O) groups excluding carboxylic acids is 4. The lowest BCUT2D eigenvalue weighted by Gasteiger charge is -2.14. The minimum absolute atomic E-state index is 0.0419. The van der Waals surface area contributed by atoms with E-state index >= 15 is 0 Å². The van der Waals surface area contributed by atoms with E-state index in [0.717, 1.165) is 4.90 Å². The zero-order valence-corrected chi connectivity index (χ0v) is 14.7. The van der Waals surface area contributed by atoms with Crippen molar-refractivity contribution >= 4 is 29.4 Å². The molecule has 1 heterocycles. The minimum Gasteiger partial charge on any atom is -0.462 e. The molecule has 138 valence electrons. The molecule has 3 rings (SSSR count). The molecule has 0 fully saturated rings. The smallest absolute Gasteiger partial charge is 0.340 e. The van der Waals surface area contributed by atoms with Gasteiger partial charge in [0.2, 0.25) is 5.91 Å². The van der Waals surface area contributed by atoms with Gasteiger partial charge in [-0.25, -0.2) is 4.79 Å². The lowest BCUT2D eigenvalue weighted by molar-refractivity contribution is -0.116. The maximum atomic E-state index is 12.3. The monoisotopic (exact) mass is 366 g/mol.